The lowest BCUT2D eigenvalue weighted by Gasteiger charge is -2.65. The van der Waals surface area contributed by atoms with Gasteiger partial charge >= 0.3 is 10.4 Å². The van der Waals surface area contributed by atoms with Crippen LogP contribution in [0.5, 0.6) is 0 Å². The van der Waals surface area contributed by atoms with Crippen molar-refractivity contribution in [1.82, 2.24) is 0 Å². The molecule has 0 bridgehead atoms. The van der Waals surface area contributed by atoms with Crippen molar-refractivity contribution >= 4 is 18.7 Å². The molecule has 0 aromatic rings. The zero-order valence-corrected chi connectivity index (χ0v) is 29.2. The van der Waals surface area contributed by atoms with E-state index in [1.807, 2.05) is 0 Å². The summed E-state index contributed by atoms with van der Waals surface area (Å²) in [6, 6.07) is 0. The molecule has 0 aromatic carbocycles. The van der Waals surface area contributed by atoms with E-state index >= 15 is 0 Å². The van der Waals surface area contributed by atoms with Gasteiger partial charge in [-0.25, -0.2) is 4.18 Å². The number of hydrogen-bond acceptors (Lipinski definition) is 7. The van der Waals surface area contributed by atoms with E-state index in [0.29, 0.717) is 55.1 Å². The second-order valence-electron chi connectivity index (χ2n) is 16.6. The van der Waals surface area contributed by atoms with Gasteiger partial charge in [0.15, 0.2) is 14.1 Å². The van der Waals surface area contributed by atoms with Crippen molar-refractivity contribution in [2.24, 2.45) is 46.3 Å². The van der Waals surface area contributed by atoms with E-state index in [0.717, 1.165) is 51.4 Å². The molecular formula is C32H58O8SSi. The maximum Gasteiger partial charge on any atom is 0.397 e. The van der Waals surface area contributed by atoms with E-state index in [2.05, 4.69) is 58.8 Å². The van der Waals surface area contributed by atoms with Crippen LogP contribution in [-0.4, -0.2) is 64.2 Å². The van der Waals surface area contributed by atoms with Crippen LogP contribution in [0.1, 0.15) is 99.3 Å². The Morgan fingerprint density at radius 3 is 2.33 bits per heavy atom. The molecule has 8 nitrogen and oxygen atoms in total. The molecule has 244 valence electrons. The van der Waals surface area contributed by atoms with Gasteiger partial charge in [-0.1, -0.05) is 41.5 Å². The number of fused-ring (bicyclic) bond motifs is 5. The molecule has 5 unspecified atom stereocenters. The van der Waals surface area contributed by atoms with Crippen LogP contribution in [0.25, 0.3) is 0 Å². The van der Waals surface area contributed by atoms with Crippen molar-refractivity contribution in [1.29, 1.82) is 0 Å². The fourth-order valence-corrected chi connectivity index (χ4v) is 12.0. The highest BCUT2D eigenvalue weighted by atomic mass is 32.3. The van der Waals surface area contributed by atoms with Crippen molar-refractivity contribution < 1.29 is 36.2 Å². The molecule has 1 aliphatic heterocycles. The van der Waals surface area contributed by atoms with Crippen LogP contribution in [0.2, 0.25) is 18.1 Å². The first-order valence-electron chi connectivity index (χ1n) is 16.6. The maximum absolute atomic E-state index is 12.1. The van der Waals surface area contributed by atoms with Crippen LogP contribution >= 0.6 is 0 Å². The molecule has 5 fully saturated rings. The van der Waals surface area contributed by atoms with E-state index < -0.39 is 24.5 Å². The topological polar surface area (TPSA) is 112 Å². The van der Waals surface area contributed by atoms with Gasteiger partial charge in [0.25, 0.3) is 0 Å². The number of aliphatic hydroxyl groups excluding tert-OH is 1. The van der Waals surface area contributed by atoms with Gasteiger partial charge in [-0.05, 0) is 109 Å². The molecule has 1 spiro atoms. The average Bonchev–Trinajstić information content (AvgIpc) is 3.47. The SMILES string of the molecule is CC(CCCOS(=O)(=O)O)C1CC[C@H]2C3C(O[Si](C)(C)C(C)(C)C)C[C@H]4CC5(CC[C@]4(C)C3C[C@H](O)[C@]12C)OCCO5. The minimum Gasteiger partial charge on any atom is -0.414 e. The lowest BCUT2D eigenvalue weighted by Crippen LogP contribution is -2.65. The summed E-state index contributed by atoms with van der Waals surface area (Å²) in [6.45, 7) is 20.2. The highest BCUT2D eigenvalue weighted by Crippen LogP contribution is 2.70. The van der Waals surface area contributed by atoms with Crippen LogP contribution in [0.15, 0.2) is 0 Å². The number of rotatable bonds is 8. The fraction of sp³-hybridized carbons (Fsp3) is 1.00. The predicted octanol–water partition coefficient (Wildman–Crippen LogP) is 6.60. The Bertz CT molecular complexity index is 1080. The summed E-state index contributed by atoms with van der Waals surface area (Å²) in [5, 5.41) is 12.2. The number of hydrogen-bond donors (Lipinski definition) is 2. The quantitative estimate of drug-likeness (QED) is 0.175. The summed E-state index contributed by atoms with van der Waals surface area (Å²) in [5.41, 5.74) is -0.0893. The van der Waals surface area contributed by atoms with E-state index in [-0.39, 0.29) is 34.7 Å². The molecule has 5 rings (SSSR count). The van der Waals surface area contributed by atoms with Crippen molar-refractivity contribution in [2.45, 2.75) is 135 Å². The molecular weight excluding hydrogens is 572 g/mol. The first-order valence-corrected chi connectivity index (χ1v) is 20.9. The Morgan fingerprint density at radius 1 is 1.05 bits per heavy atom. The lowest BCUT2D eigenvalue weighted by molar-refractivity contribution is -0.251. The van der Waals surface area contributed by atoms with Crippen molar-refractivity contribution in [3.8, 4) is 0 Å². The normalized spacial score (nSPS) is 42.7. The van der Waals surface area contributed by atoms with Crippen molar-refractivity contribution in [2.75, 3.05) is 19.8 Å². The molecule has 42 heavy (non-hydrogen) atoms. The standard InChI is InChI=1S/C32H58O8SSi/c1-21(10-9-15-39-41(34,35)36)23-11-12-24-28-25(19-27(33)31(23,24)6)30(5)13-14-32(37-16-17-38-32)20-22(30)18-26(28)40-42(7,8)29(2,3)4/h21-28,33H,9-20H2,1-8H3,(H,34,35,36)/t21?,22-,23?,24-,25?,26?,27-,28?,30-,31+/m0/s1. The monoisotopic (exact) mass is 630 g/mol. The smallest absolute Gasteiger partial charge is 0.397 e. The summed E-state index contributed by atoms with van der Waals surface area (Å²) < 4.78 is 55.5. The molecule has 0 aromatic heterocycles. The highest BCUT2D eigenvalue weighted by molar-refractivity contribution is 7.80. The van der Waals surface area contributed by atoms with Gasteiger partial charge in [0.05, 0.1) is 25.9 Å². The maximum atomic E-state index is 12.1. The van der Waals surface area contributed by atoms with Gasteiger partial charge in [0.2, 0.25) is 0 Å². The Hall–Kier alpha value is -0.0731. The minimum absolute atomic E-state index is 0.0135. The lowest BCUT2D eigenvalue weighted by atomic mass is 9.43. The second-order valence-corrected chi connectivity index (χ2v) is 22.5. The van der Waals surface area contributed by atoms with E-state index in [1.54, 1.807) is 0 Å². The highest BCUT2D eigenvalue weighted by Gasteiger charge is 2.67. The van der Waals surface area contributed by atoms with Crippen LogP contribution in [0.3, 0.4) is 0 Å². The molecule has 4 aliphatic carbocycles. The first kappa shape index (κ1) is 33.3. The van der Waals surface area contributed by atoms with Gasteiger partial charge in [-0.15, -0.1) is 0 Å². The summed E-state index contributed by atoms with van der Waals surface area (Å²) in [6.07, 6.45) is 8.08. The van der Waals surface area contributed by atoms with Gasteiger partial charge in [0.1, 0.15) is 0 Å². The molecule has 2 N–H and O–H groups in total. The molecule has 10 atom stereocenters. The van der Waals surface area contributed by atoms with Crippen molar-refractivity contribution in [3.05, 3.63) is 0 Å². The number of ether oxygens (including phenoxy) is 2. The van der Waals surface area contributed by atoms with Crippen LogP contribution in [-0.2, 0) is 28.5 Å². The Kier molecular flexibility index (Phi) is 8.97. The van der Waals surface area contributed by atoms with E-state index in [1.165, 1.54) is 0 Å². The molecule has 0 amide bonds. The van der Waals surface area contributed by atoms with Gasteiger partial charge in [0, 0.05) is 18.9 Å². The molecule has 5 aliphatic rings. The third-order valence-corrected chi connectivity index (χ3v) is 18.6. The molecule has 0 radical (unpaired) electrons. The van der Waals surface area contributed by atoms with Gasteiger partial charge in [-0.3, -0.25) is 4.55 Å². The average molecular weight is 631 g/mol. The Labute approximate surface area is 256 Å². The molecule has 10 heteroatoms. The summed E-state index contributed by atoms with van der Waals surface area (Å²) in [5.74, 6) is 1.86. The Balaban J connectivity index is 1.43. The van der Waals surface area contributed by atoms with Crippen molar-refractivity contribution in [3.63, 3.8) is 0 Å². The molecule has 1 heterocycles. The zero-order chi connectivity index (χ0) is 30.9. The number of aliphatic hydroxyl groups is 1. The largest absolute Gasteiger partial charge is 0.414 e. The fourth-order valence-electron chi connectivity index (χ4n) is 10.3. The van der Waals surface area contributed by atoms with E-state index in [9.17, 15) is 13.5 Å². The van der Waals surface area contributed by atoms with Crippen LogP contribution in [0, 0.1) is 46.3 Å². The summed E-state index contributed by atoms with van der Waals surface area (Å²) >= 11 is 0. The minimum atomic E-state index is -4.42. The first-order chi connectivity index (χ1) is 19.3. The third-order valence-electron chi connectivity index (χ3n) is 13.6. The summed E-state index contributed by atoms with van der Waals surface area (Å²) in [4.78, 5) is 0. The molecule has 1 saturated heterocycles. The molecule has 4 saturated carbocycles. The van der Waals surface area contributed by atoms with E-state index in [4.69, 9.17) is 18.5 Å². The predicted molar refractivity (Wildman–Crippen MR) is 165 cm³/mol. The van der Waals surface area contributed by atoms with Gasteiger partial charge in [-0.2, -0.15) is 8.42 Å². The van der Waals surface area contributed by atoms with Crippen LogP contribution in [0.4, 0.5) is 0 Å². The van der Waals surface area contributed by atoms with Gasteiger partial charge < -0.3 is 19.0 Å². The second kappa shape index (κ2) is 11.3. The summed E-state index contributed by atoms with van der Waals surface area (Å²) in [7, 11) is -6.47. The third kappa shape index (κ3) is 5.82. The van der Waals surface area contributed by atoms with Crippen LogP contribution < -0.4 is 0 Å². The zero-order valence-electron chi connectivity index (χ0n) is 27.4. The Morgan fingerprint density at radius 2 is 1.71 bits per heavy atom.